The van der Waals surface area contributed by atoms with E-state index in [0.29, 0.717) is 45.1 Å². The second-order valence-electron chi connectivity index (χ2n) is 4.11. The molecule has 0 spiro atoms. The van der Waals surface area contributed by atoms with Crippen molar-refractivity contribution < 1.29 is 23.2 Å². The molecule has 0 fully saturated rings. The Morgan fingerprint density at radius 1 is 1.09 bits per heavy atom. The van der Waals surface area contributed by atoms with Gasteiger partial charge in [-0.1, -0.05) is 0 Å². The van der Waals surface area contributed by atoms with E-state index in [-0.39, 0.29) is 5.97 Å². The zero-order chi connectivity index (χ0) is 16.0. The number of ether oxygens (including phenoxy) is 3. The standard InChI is InChI=1S/C14H20INO5S/c1-18-14(17)12-2-4-13(5-3-12)16-6-7-19-8-9-20-10-11-21-22-15/h2-5,16H,6-11H2,1H3. The zero-order valence-electron chi connectivity index (χ0n) is 12.4. The average molecular weight is 441 g/mol. The molecule has 0 saturated carbocycles. The molecule has 0 heterocycles. The van der Waals surface area contributed by atoms with Crippen molar-refractivity contribution >= 4 is 42.1 Å². The number of methoxy groups -OCH3 is 1. The monoisotopic (exact) mass is 441 g/mol. The molecule has 0 bridgehead atoms. The van der Waals surface area contributed by atoms with Crippen LogP contribution in [0.4, 0.5) is 5.69 Å². The first-order chi connectivity index (χ1) is 10.8. The highest BCUT2D eigenvalue weighted by atomic mass is 127. The molecule has 0 aliphatic rings. The number of hydrogen-bond donors (Lipinski definition) is 1. The van der Waals surface area contributed by atoms with Crippen LogP contribution in [0.5, 0.6) is 0 Å². The van der Waals surface area contributed by atoms with Gasteiger partial charge < -0.3 is 23.7 Å². The molecule has 0 unspecified atom stereocenters. The summed E-state index contributed by atoms with van der Waals surface area (Å²) in [6, 6.07) is 7.11. The van der Waals surface area contributed by atoms with Crippen LogP contribution in [0.2, 0.25) is 0 Å². The van der Waals surface area contributed by atoms with Crippen molar-refractivity contribution in [3.63, 3.8) is 0 Å². The molecule has 0 atom stereocenters. The third-order valence-corrected chi connectivity index (χ3v) is 3.63. The fourth-order valence-corrected chi connectivity index (χ4v) is 2.23. The molecule has 1 rings (SSSR count). The van der Waals surface area contributed by atoms with E-state index in [4.69, 9.17) is 13.7 Å². The summed E-state index contributed by atoms with van der Waals surface area (Å²) in [5.41, 5.74) is 1.47. The normalized spacial score (nSPS) is 10.5. The lowest BCUT2D eigenvalue weighted by Gasteiger charge is -2.08. The molecule has 8 heteroatoms. The maximum absolute atomic E-state index is 11.3. The number of hydrogen-bond acceptors (Lipinski definition) is 7. The van der Waals surface area contributed by atoms with E-state index in [1.54, 1.807) is 12.1 Å². The zero-order valence-corrected chi connectivity index (χ0v) is 15.4. The average Bonchev–Trinajstić information content (AvgIpc) is 2.56. The minimum absolute atomic E-state index is 0.336. The fourth-order valence-electron chi connectivity index (χ4n) is 1.56. The van der Waals surface area contributed by atoms with Gasteiger partial charge in [-0.05, 0) is 24.3 Å². The minimum Gasteiger partial charge on any atom is -0.465 e. The van der Waals surface area contributed by atoms with Gasteiger partial charge >= 0.3 is 5.97 Å². The Labute approximate surface area is 147 Å². The Morgan fingerprint density at radius 2 is 1.73 bits per heavy atom. The van der Waals surface area contributed by atoms with Gasteiger partial charge in [0.15, 0.2) is 0 Å². The number of carbonyl (C=O) groups is 1. The lowest BCUT2D eigenvalue weighted by molar-refractivity contribution is 0.0421. The molecule has 1 aromatic rings. The number of carbonyl (C=O) groups excluding carboxylic acids is 1. The summed E-state index contributed by atoms with van der Waals surface area (Å²) in [5.74, 6) is -0.336. The Morgan fingerprint density at radius 3 is 2.36 bits per heavy atom. The Bertz CT molecular complexity index is 418. The maximum atomic E-state index is 11.3. The molecule has 1 N–H and O–H groups in total. The van der Waals surface area contributed by atoms with Crippen molar-refractivity contribution in [3.05, 3.63) is 29.8 Å². The number of halogens is 1. The second kappa shape index (κ2) is 12.9. The van der Waals surface area contributed by atoms with Crippen molar-refractivity contribution in [1.29, 1.82) is 0 Å². The molecule has 0 aliphatic carbocycles. The molecule has 22 heavy (non-hydrogen) atoms. The van der Waals surface area contributed by atoms with Gasteiger partial charge in [0.05, 0.1) is 54.9 Å². The summed E-state index contributed by atoms with van der Waals surface area (Å²) in [7, 11) is 2.67. The van der Waals surface area contributed by atoms with Gasteiger partial charge in [0, 0.05) is 33.4 Å². The molecule has 0 amide bonds. The lowest BCUT2D eigenvalue weighted by atomic mass is 10.2. The molecular weight excluding hydrogens is 421 g/mol. The van der Waals surface area contributed by atoms with Crippen LogP contribution in [0.3, 0.4) is 0 Å². The van der Waals surface area contributed by atoms with E-state index in [2.05, 4.69) is 31.3 Å². The van der Waals surface area contributed by atoms with Crippen LogP contribution < -0.4 is 5.32 Å². The Kier molecular flexibility index (Phi) is 11.5. The Hall–Kier alpha value is -0.550. The smallest absolute Gasteiger partial charge is 0.337 e. The largest absolute Gasteiger partial charge is 0.465 e. The summed E-state index contributed by atoms with van der Waals surface area (Å²) in [4.78, 5) is 11.3. The van der Waals surface area contributed by atoms with Gasteiger partial charge in [-0.25, -0.2) is 4.79 Å². The number of anilines is 1. The predicted molar refractivity (Wildman–Crippen MR) is 95.5 cm³/mol. The summed E-state index contributed by atoms with van der Waals surface area (Å²) in [5, 5.41) is 3.21. The molecule has 124 valence electrons. The number of esters is 1. The highest BCUT2D eigenvalue weighted by Gasteiger charge is 2.03. The SMILES string of the molecule is COC(=O)c1ccc(NCCOCCOCCOSI)cc1. The highest BCUT2D eigenvalue weighted by Crippen LogP contribution is 2.11. The second-order valence-corrected chi connectivity index (χ2v) is 5.55. The van der Waals surface area contributed by atoms with E-state index >= 15 is 0 Å². The fraction of sp³-hybridized carbons (Fsp3) is 0.500. The number of benzene rings is 1. The first-order valence-corrected chi connectivity index (χ1v) is 10.0. The molecule has 6 nitrogen and oxygen atoms in total. The van der Waals surface area contributed by atoms with E-state index < -0.39 is 0 Å². The van der Waals surface area contributed by atoms with Gasteiger partial charge in [-0.2, -0.15) is 0 Å². The van der Waals surface area contributed by atoms with Crippen LogP contribution in [-0.2, 0) is 18.4 Å². The van der Waals surface area contributed by atoms with E-state index in [1.165, 1.54) is 16.3 Å². The van der Waals surface area contributed by atoms with Crippen LogP contribution in [0.15, 0.2) is 24.3 Å². The first-order valence-electron chi connectivity index (χ1n) is 6.76. The van der Waals surface area contributed by atoms with E-state index in [1.807, 2.05) is 12.1 Å². The molecule has 0 aromatic heterocycles. The molecular formula is C14H20INO5S. The molecule has 0 radical (unpaired) electrons. The van der Waals surface area contributed by atoms with Crippen molar-refractivity contribution in [2.45, 2.75) is 0 Å². The Balaban J connectivity index is 2.01. The topological polar surface area (TPSA) is 66.0 Å². The first kappa shape index (κ1) is 19.5. The van der Waals surface area contributed by atoms with Crippen LogP contribution in [0.1, 0.15) is 10.4 Å². The quantitative estimate of drug-likeness (QED) is 0.232. The summed E-state index contributed by atoms with van der Waals surface area (Å²) < 4.78 is 20.4. The molecule has 0 saturated heterocycles. The van der Waals surface area contributed by atoms with Crippen LogP contribution in [-0.4, -0.2) is 52.7 Å². The lowest BCUT2D eigenvalue weighted by Crippen LogP contribution is -2.13. The van der Waals surface area contributed by atoms with Crippen molar-refractivity contribution in [2.24, 2.45) is 0 Å². The van der Waals surface area contributed by atoms with E-state index in [9.17, 15) is 4.79 Å². The van der Waals surface area contributed by atoms with Crippen molar-refractivity contribution in [2.75, 3.05) is 52.0 Å². The highest BCUT2D eigenvalue weighted by molar-refractivity contribution is 14.2. The van der Waals surface area contributed by atoms with Gasteiger partial charge in [-0.15, -0.1) is 0 Å². The van der Waals surface area contributed by atoms with Gasteiger partial charge in [0.2, 0.25) is 0 Å². The van der Waals surface area contributed by atoms with E-state index in [0.717, 1.165) is 5.69 Å². The number of rotatable bonds is 12. The summed E-state index contributed by atoms with van der Waals surface area (Å²) >= 11 is 2.07. The third-order valence-electron chi connectivity index (χ3n) is 2.61. The van der Waals surface area contributed by atoms with Crippen LogP contribution >= 0.6 is 30.4 Å². The minimum atomic E-state index is -0.336. The van der Waals surface area contributed by atoms with Gasteiger partial charge in [-0.3, -0.25) is 0 Å². The van der Waals surface area contributed by atoms with Gasteiger partial charge in [0.25, 0.3) is 0 Å². The molecule has 0 aliphatic heterocycles. The summed E-state index contributed by atoms with van der Waals surface area (Å²) in [6.45, 7) is 3.54. The number of nitrogens with one attached hydrogen (secondary N) is 1. The van der Waals surface area contributed by atoms with Gasteiger partial charge in [0.1, 0.15) is 0 Å². The molecule has 1 aromatic carbocycles. The predicted octanol–water partition coefficient (Wildman–Crippen LogP) is 2.93. The third kappa shape index (κ3) is 8.79. The van der Waals surface area contributed by atoms with Crippen molar-refractivity contribution in [1.82, 2.24) is 0 Å². The maximum Gasteiger partial charge on any atom is 0.337 e. The summed E-state index contributed by atoms with van der Waals surface area (Å²) in [6.07, 6.45) is 0. The van der Waals surface area contributed by atoms with Crippen molar-refractivity contribution in [3.8, 4) is 0 Å². The van der Waals surface area contributed by atoms with Crippen LogP contribution in [0.25, 0.3) is 0 Å². The van der Waals surface area contributed by atoms with Crippen LogP contribution in [0, 0.1) is 0 Å².